The third kappa shape index (κ3) is 8.39. The second kappa shape index (κ2) is 16.3. The first kappa shape index (κ1) is 32.3. The van der Waals surface area contributed by atoms with Crippen LogP contribution in [-0.4, -0.2) is 19.3 Å². The lowest BCUT2D eigenvalue weighted by Gasteiger charge is -2.19. The first-order valence-electron chi connectivity index (χ1n) is 14.9. The summed E-state index contributed by atoms with van der Waals surface area (Å²) in [6.07, 6.45) is 9.30. The molecule has 42 heavy (non-hydrogen) atoms. The van der Waals surface area contributed by atoms with Gasteiger partial charge >= 0.3 is 0 Å². The van der Waals surface area contributed by atoms with Crippen LogP contribution >= 0.6 is 0 Å². The molecule has 3 aromatic rings. The van der Waals surface area contributed by atoms with Gasteiger partial charge in [0.2, 0.25) is 12.7 Å². The van der Waals surface area contributed by atoms with Gasteiger partial charge in [-0.1, -0.05) is 69.3 Å². The number of rotatable bonds is 10. The summed E-state index contributed by atoms with van der Waals surface area (Å²) in [4.78, 5) is 11.2. The Labute approximate surface area is 251 Å². The predicted molar refractivity (Wildman–Crippen MR) is 175 cm³/mol. The van der Waals surface area contributed by atoms with E-state index in [-0.39, 0.29) is 5.91 Å². The summed E-state index contributed by atoms with van der Waals surface area (Å²) in [6.45, 7) is 15.3. The molecule has 5 heteroatoms. The third-order valence-corrected chi connectivity index (χ3v) is 6.86. The third-order valence-electron chi connectivity index (χ3n) is 6.86. The van der Waals surface area contributed by atoms with Gasteiger partial charge < -0.3 is 19.5 Å². The van der Waals surface area contributed by atoms with E-state index in [0.717, 1.165) is 41.3 Å². The van der Waals surface area contributed by atoms with Crippen LogP contribution in [0.3, 0.4) is 0 Å². The van der Waals surface area contributed by atoms with Crippen molar-refractivity contribution in [3.8, 4) is 17.2 Å². The molecule has 5 nitrogen and oxygen atoms in total. The molecule has 0 bridgehead atoms. The van der Waals surface area contributed by atoms with Crippen LogP contribution in [0, 0.1) is 13.8 Å². The van der Waals surface area contributed by atoms with Gasteiger partial charge in [-0.25, -0.2) is 0 Å². The molecule has 0 saturated carbocycles. The van der Waals surface area contributed by atoms with Gasteiger partial charge in [0.1, 0.15) is 5.75 Å². The fraction of sp³-hybridized carbons (Fsp3) is 0.324. The van der Waals surface area contributed by atoms with Crippen molar-refractivity contribution < 1.29 is 19.0 Å². The van der Waals surface area contributed by atoms with Gasteiger partial charge in [0.15, 0.2) is 11.5 Å². The summed E-state index contributed by atoms with van der Waals surface area (Å²) in [5, 5.41) is 2.81. The molecule has 0 aromatic heterocycles. The second-order valence-electron chi connectivity index (χ2n) is 9.96. The maximum Gasteiger partial charge on any atom is 0.231 e. The van der Waals surface area contributed by atoms with Gasteiger partial charge in [-0.2, -0.15) is 0 Å². The highest BCUT2D eigenvalue weighted by atomic mass is 16.7. The minimum Gasteiger partial charge on any atom is -0.494 e. The van der Waals surface area contributed by atoms with Crippen molar-refractivity contribution in [2.45, 2.75) is 67.7 Å². The number of amides is 1. The number of hydrogen-bond donors (Lipinski definition) is 1. The molecule has 4 rings (SSSR count). The molecular formula is C37H45NO4. The van der Waals surface area contributed by atoms with Crippen molar-refractivity contribution in [3.63, 3.8) is 0 Å². The largest absolute Gasteiger partial charge is 0.494 e. The summed E-state index contributed by atoms with van der Waals surface area (Å²) in [7, 11) is 0. The highest BCUT2D eigenvalue weighted by Gasteiger charge is 2.20. The van der Waals surface area contributed by atoms with E-state index in [9.17, 15) is 4.79 Å². The topological polar surface area (TPSA) is 56.8 Å². The highest BCUT2D eigenvalue weighted by Crippen LogP contribution is 2.41. The summed E-state index contributed by atoms with van der Waals surface area (Å²) in [6, 6.07) is 20.5. The zero-order valence-corrected chi connectivity index (χ0v) is 26.2. The number of allylic oxidation sites excluding steroid dienone is 6. The number of ether oxygens (including phenoxy) is 3. The molecule has 1 amide bonds. The molecule has 0 atom stereocenters. The lowest BCUT2D eigenvalue weighted by atomic mass is 9.85. The molecule has 1 aliphatic heterocycles. The molecule has 0 radical (unpaired) electrons. The Balaban J connectivity index is 0.000000274. The van der Waals surface area contributed by atoms with E-state index in [4.69, 9.17) is 14.2 Å². The van der Waals surface area contributed by atoms with E-state index >= 15 is 0 Å². The molecule has 0 unspecified atom stereocenters. The minimum absolute atomic E-state index is 0.0264. The van der Waals surface area contributed by atoms with Crippen LogP contribution in [0.1, 0.15) is 76.1 Å². The van der Waals surface area contributed by atoms with E-state index in [2.05, 4.69) is 93.7 Å². The van der Waals surface area contributed by atoms with Crippen molar-refractivity contribution >= 4 is 22.7 Å². The number of aryl methyl sites for hydroxylation is 2. The zero-order valence-electron chi connectivity index (χ0n) is 26.2. The molecule has 0 saturated heterocycles. The van der Waals surface area contributed by atoms with Gasteiger partial charge in [-0.05, 0) is 110 Å². The van der Waals surface area contributed by atoms with Crippen molar-refractivity contribution in [2.24, 2.45) is 0 Å². The highest BCUT2D eigenvalue weighted by molar-refractivity contribution is 5.99. The summed E-state index contributed by atoms with van der Waals surface area (Å²) in [5.41, 5.74) is 9.28. The summed E-state index contributed by atoms with van der Waals surface area (Å²) in [5.74, 6) is 2.56. The van der Waals surface area contributed by atoms with Crippen molar-refractivity contribution in [1.82, 2.24) is 0 Å². The van der Waals surface area contributed by atoms with Gasteiger partial charge in [0.25, 0.3) is 0 Å². The number of benzene rings is 3. The smallest absolute Gasteiger partial charge is 0.231 e. The van der Waals surface area contributed by atoms with Crippen LogP contribution in [0.2, 0.25) is 0 Å². The lowest BCUT2D eigenvalue weighted by Crippen LogP contribution is -2.09. The number of nitrogens with one attached hydrogen (secondary N) is 1. The Kier molecular flexibility index (Phi) is 12.5. The fourth-order valence-corrected chi connectivity index (χ4v) is 4.86. The zero-order chi connectivity index (χ0) is 30.5. The molecule has 3 aromatic carbocycles. The van der Waals surface area contributed by atoms with Crippen LogP contribution < -0.4 is 19.5 Å². The van der Waals surface area contributed by atoms with Crippen molar-refractivity contribution in [3.05, 3.63) is 107 Å². The summed E-state index contributed by atoms with van der Waals surface area (Å²) >= 11 is 0. The molecule has 222 valence electrons. The number of hydrogen-bond acceptors (Lipinski definition) is 4. The van der Waals surface area contributed by atoms with E-state index < -0.39 is 0 Å². The van der Waals surface area contributed by atoms with Gasteiger partial charge in [-0.15, -0.1) is 0 Å². The van der Waals surface area contributed by atoms with Crippen LogP contribution in [0.25, 0.3) is 11.1 Å². The lowest BCUT2D eigenvalue weighted by molar-refractivity contribution is -0.115. The number of carbonyl (C=O) groups is 1. The van der Waals surface area contributed by atoms with Gasteiger partial charge in [-0.3, -0.25) is 4.79 Å². The Morgan fingerprint density at radius 3 is 2.12 bits per heavy atom. The predicted octanol–water partition coefficient (Wildman–Crippen LogP) is 9.70. The quantitative estimate of drug-likeness (QED) is 0.248. The molecule has 1 aliphatic rings. The average molecular weight is 568 g/mol. The van der Waals surface area contributed by atoms with Crippen LogP contribution in [0.5, 0.6) is 17.2 Å². The Morgan fingerprint density at radius 2 is 1.52 bits per heavy atom. The van der Waals surface area contributed by atoms with E-state index in [0.29, 0.717) is 19.8 Å². The molecule has 0 spiro atoms. The maximum atomic E-state index is 11.2. The summed E-state index contributed by atoms with van der Waals surface area (Å²) < 4.78 is 16.6. The number of anilines is 1. The maximum absolute atomic E-state index is 11.2. The monoisotopic (exact) mass is 567 g/mol. The SMILES string of the molecule is C/C=C(C(=C\CC)/c1ccccc1)\C(=C\CC)c1cc2c(cc1C)OCO2.CCOc1ccc(NC(=O)CC)cc1C. The van der Waals surface area contributed by atoms with Crippen LogP contribution in [0.4, 0.5) is 5.69 Å². The average Bonchev–Trinajstić information content (AvgIpc) is 3.45. The molecular weight excluding hydrogens is 522 g/mol. The Hall–Kier alpha value is -4.25. The minimum atomic E-state index is 0.0264. The standard InChI is InChI=1S/C25H28O2.C12H17NO2/c1-5-11-21(19-13-9-8-10-14-19)20(7-3)22(12-6-2)23-16-25-24(15-18(23)4)26-17-27-25;1-4-12(14)13-10-6-7-11(15-5-2)9(3)8-10/h7-16H,5-6,17H2,1-4H3;6-8H,4-5H2,1-3H3,(H,13,14)/b20-7-,21-11-,22-12-;. The molecule has 0 aliphatic carbocycles. The number of fused-ring (bicyclic) bond motifs is 1. The van der Waals surface area contributed by atoms with E-state index in [1.54, 1.807) is 0 Å². The second-order valence-corrected chi connectivity index (χ2v) is 9.96. The van der Waals surface area contributed by atoms with E-state index in [1.807, 2.05) is 39.0 Å². The van der Waals surface area contributed by atoms with Gasteiger partial charge in [0.05, 0.1) is 6.61 Å². The molecule has 1 N–H and O–H groups in total. The first-order chi connectivity index (χ1) is 20.4. The molecule has 0 fully saturated rings. The fourth-order valence-electron chi connectivity index (χ4n) is 4.86. The van der Waals surface area contributed by atoms with Crippen molar-refractivity contribution in [1.29, 1.82) is 0 Å². The normalized spacial score (nSPS) is 12.9. The molecule has 1 heterocycles. The van der Waals surface area contributed by atoms with Crippen LogP contribution in [-0.2, 0) is 4.79 Å². The van der Waals surface area contributed by atoms with Crippen molar-refractivity contribution in [2.75, 3.05) is 18.7 Å². The van der Waals surface area contributed by atoms with Crippen LogP contribution in [0.15, 0.2) is 84.5 Å². The Morgan fingerprint density at radius 1 is 0.857 bits per heavy atom. The Bertz CT molecular complexity index is 1430. The van der Waals surface area contributed by atoms with Gasteiger partial charge in [0, 0.05) is 12.1 Å². The first-order valence-corrected chi connectivity index (χ1v) is 14.9. The number of carbonyl (C=O) groups excluding carboxylic acids is 1. The van der Waals surface area contributed by atoms with E-state index in [1.165, 1.54) is 33.4 Å².